The van der Waals surface area contributed by atoms with Crippen molar-refractivity contribution in [3.63, 3.8) is 0 Å². The summed E-state index contributed by atoms with van der Waals surface area (Å²) in [6, 6.07) is 7.49. The fourth-order valence-corrected chi connectivity index (χ4v) is 2.56. The molecule has 1 aliphatic carbocycles. The number of amides is 2. The van der Waals surface area contributed by atoms with E-state index in [4.69, 9.17) is 10.5 Å². The number of benzene rings is 1. The molecule has 2 rings (SSSR count). The van der Waals surface area contributed by atoms with Gasteiger partial charge in [-0.25, -0.2) is 4.79 Å². The average Bonchev–Trinajstić information content (AvgIpc) is 2.45. The Kier molecular flexibility index (Phi) is 4.98. The number of primary amides is 1. The number of nitrogens with one attached hydrogen (secondary N) is 1. The molecule has 5 nitrogen and oxygen atoms in total. The molecule has 0 aliphatic heterocycles. The highest BCUT2D eigenvalue weighted by Crippen LogP contribution is 2.32. The quantitative estimate of drug-likeness (QED) is 0.634. The molecule has 0 fully saturated rings. The summed E-state index contributed by atoms with van der Waals surface area (Å²) in [6.45, 7) is 0.724. The molecule has 0 heterocycles. The number of esters is 1. The zero-order chi connectivity index (χ0) is 14.4. The highest BCUT2D eigenvalue weighted by molar-refractivity contribution is 5.79. The number of urea groups is 1. The number of aryl methyl sites for hydroxylation is 1. The molecule has 0 saturated heterocycles. The summed E-state index contributed by atoms with van der Waals surface area (Å²) in [7, 11) is 0. The van der Waals surface area contributed by atoms with Gasteiger partial charge in [0.05, 0.1) is 12.5 Å². The van der Waals surface area contributed by atoms with Gasteiger partial charge in [0.25, 0.3) is 0 Å². The van der Waals surface area contributed by atoms with Gasteiger partial charge in [0.15, 0.2) is 0 Å². The van der Waals surface area contributed by atoms with Crippen molar-refractivity contribution in [3.05, 3.63) is 35.4 Å². The minimum Gasteiger partial charge on any atom is -0.465 e. The SMILES string of the molecule is NC(=O)NCCCOC(=O)[C@@H]1CCCc2ccccc21. The van der Waals surface area contributed by atoms with Gasteiger partial charge in [-0.05, 0) is 36.8 Å². The van der Waals surface area contributed by atoms with E-state index < -0.39 is 6.03 Å². The predicted octanol–water partition coefficient (Wildman–Crippen LogP) is 1.71. The number of carbonyl (C=O) groups is 2. The van der Waals surface area contributed by atoms with Crippen molar-refractivity contribution in [1.29, 1.82) is 0 Å². The molecule has 5 heteroatoms. The molecule has 0 aromatic heterocycles. The van der Waals surface area contributed by atoms with Crippen molar-refractivity contribution in [2.75, 3.05) is 13.2 Å². The molecule has 1 aromatic carbocycles. The van der Waals surface area contributed by atoms with Gasteiger partial charge in [0.1, 0.15) is 0 Å². The van der Waals surface area contributed by atoms with E-state index in [1.54, 1.807) is 0 Å². The first-order valence-electron chi connectivity index (χ1n) is 6.96. The van der Waals surface area contributed by atoms with Gasteiger partial charge in [0.2, 0.25) is 0 Å². The molecule has 0 bridgehead atoms. The summed E-state index contributed by atoms with van der Waals surface area (Å²) in [5, 5.41) is 2.46. The number of carbonyl (C=O) groups excluding carboxylic acids is 2. The molecular weight excluding hydrogens is 256 g/mol. The monoisotopic (exact) mass is 276 g/mol. The molecule has 20 heavy (non-hydrogen) atoms. The lowest BCUT2D eigenvalue weighted by Crippen LogP contribution is -2.31. The van der Waals surface area contributed by atoms with E-state index in [-0.39, 0.29) is 11.9 Å². The molecular formula is C15H20N2O3. The first-order chi connectivity index (χ1) is 9.68. The van der Waals surface area contributed by atoms with Gasteiger partial charge in [-0.3, -0.25) is 4.79 Å². The van der Waals surface area contributed by atoms with Crippen LogP contribution in [0.3, 0.4) is 0 Å². The van der Waals surface area contributed by atoms with Crippen LogP contribution in [0.5, 0.6) is 0 Å². The number of ether oxygens (including phenoxy) is 1. The Hall–Kier alpha value is -2.04. The largest absolute Gasteiger partial charge is 0.465 e. The third-order valence-corrected chi connectivity index (χ3v) is 3.52. The van der Waals surface area contributed by atoms with E-state index in [2.05, 4.69) is 11.4 Å². The lowest BCUT2D eigenvalue weighted by Gasteiger charge is -2.23. The van der Waals surface area contributed by atoms with Gasteiger partial charge in [-0.2, -0.15) is 0 Å². The predicted molar refractivity (Wildman–Crippen MR) is 75.3 cm³/mol. The number of hydrogen-bond acceptors (Lipinski definition) is 3. The minimum absolute atomic E-state index is 0.149. The highest BCUT2D eigenvalue weighted by Gasteiger charge is 2.27. The van der Waals surface area contributed by atoms with E-state index in [0.29, 0.717) is 19.6 Å². The first-order valence-corrected chi connectivity index (χ1v) is 6.96. The van der Waals surface area contributed by atoms with Crippen molar-refractivity contribution in [1.82, 2.24) is 5.32 Å². The van der Waals surface area contributed by atoms with Crippen LogP contribution in [0, 0.1) is 0 Å². The number of nitrogens with two attached hydrogens (primary N) is 1. The number of rotatable bonds is 5. The second-order valence-corrected chi connectivity index (χ2v) is 4.96. The smallest absolute Gasteiger partial charge is 0.313 e. The van der Waals surface area contributed by atoms with Crippen LogP contribution in [0.25, 0.3) is 0 Å². The zero-order valence-corrected chi connectivity index (χ0v) is 11.4. The molecule has 1 aromatic rings. The Labute approximate surface area is 118 Å². The van der Waals surface area contributed by atoms with Crippen molar-refractivity contribution < 1.29 is 14.3 Å². The number of hydrogen-bond donors (Lipinski definition) is 2. The van der Waals surface area contributed by atoms with E-state index in [1.807, 2.05) is 18.2 Å². The molecule has 0 saturated carbocycles. The van der Waals surface area contributed by atoms with Crippen LogP contribution >= 0.6 is 0 Å². The Morgan fingerprint density at radius 1 is 1.35 bits per heavy atom. The standard InChI is InChI=1S/C15H20N2O3/c16-15(19)17-9-4-10-20-14(18)13-8-3-6-11-5-1-2-7-12(11)13/h1-2,5,7,13H,3-4,6,8-10H2,(H3,16,17,19)/t13-/m1/s1. The molecule has 1 aliphatic rings. The molecule has 3 N–H and O–H groups in total. The van der Waals surface area contributed by atoms with Gasteiger partial charge in [0, 0.05) is 6.54 Å². The maximum Gasteiger partial charge on any atom is 0.313 e. The van der Waals surface area contributed by atoms with E-state index in [1.165, 1.54) is 5.56 Å². The Balaban J connectivity index is 1.83. The lowest BCUT2D eigenvalue weighted by molar-refractivity contribution is -0.145. The van der Waals surface area contributed by atoms with Crippen LogP contribution in [0.1, 0.15) is 36.3 Å². The summed E-state index contributed by atoms with van der Waals surface area (Å²) in [6.07, 6.45) is 3.46. The zero-order valence-electron chi connectivity index (χ0n) is 11.4. The van der Waals surface area contributed by atoms with Crippen LogP contribution in [-0.4, -0.2) is 25.2 Å². The van der Waals surface area contributed by atoms with Crippen molar-refractivity contribution in [2.45, 2.75) is 31.6 Å². The Bertz CT molecular complexity index is 488. The molecule has 0 radical (unpaired) electrons. The van der Waals surface area contributed by atoms with E-state index >= 15 is 0 Å². The second-order valence-electron chi connectivity index (χ2n) is 4.96. The Morgan fingerprint density at radius 2 is 2.15 bits per heavy atom. The van der Waals surface area contributed by atoms with Gasteiger partial charge < -0.3 is 15.8 Å². The van der Waals surface area contributed by atoms with Crippen LogP contribution in [-0.2, 0) is 16.0 Å². The van der Waals surface area contributed by atoms with Crippen molar-refractivity contribution >= 4 is 12.0 Å². The maximum absolute atomic E-state index is 12.1. The summed E-state index contributed by atoms with van der Waals surface area (Å²) < 4.78 is 5.29. The fraction of sp³-hybridized carbons (Fsp3) is 0.467. The second kappa shape index (κ2) is 6.93. The molecule has 1 atom stereocenters. The van der Waals surface area contributed by atoms with Crippen LogP contribution in [0.15, 0.2) is 24.3 Å². The van der Waals surface area contributed by atoms with Crippen molar-refractivity contribution in [2.24, 2.45) is 5.73 Å². The molecule has 0 unspecified atom stereocenters. The lowest BCUT2D eigenvalue weighted by atomic mass is 9.83. The fourth-order valence-electron chi connectivity index (χ4n) is 2.56. The minimum atomic E-state index is -0.558. The summed E-state index contributed by atoms with van der Waals surface area (Å²) in [5.41, 5.74) is 7.29. The summed E-state index contributed by atoms with van der Waals surface area (Å²) in [4.78, 5) is 22.6. The molecule has 0 spiro atoms. The summed E-state index contributed by atoms with van der Waals surface area (Å²) >= 11 is 0. The normalized spacial score (nSPS) is 17.1. The third kappa shape index (κ3) is 3.73. The van der Waals surface area contributed by atoms with E-state index in [0.717, 1.165) is 24.8 Å². The first kappa shape index (κ1) is 14.4. The van der Waals surface area contributed by atoms with Crippen LogP contribution in [0.2, 0.25) is 0 Å². The topological polar surface area (TPSA) is 81.4 Å². The van der Waals surface area contributed by atoms with Gasteiger partial charge in [-0.15, -0.1) is 0 Å². The molecule has 2 amide bonds. The van der Waals surface area contributed by atoms with Crippen LogP contribution < -0.4 is 11.1 Å². The van der Waals surface area contributed by atoms with Gasteiger partial charge in [-0.1, -0.05) is 24.3 Å². The van der Waals surface area contributed by atoms with Crippen molar-refractivity contribution in [3.8, 4) is 0 Å². The van der Waals surface area contributed by atoms with Gasteiger partial charge >= 0.3 is 12.0 Å². The Morgan fingerprint density at radius 3 is 2.95 bits per heavy atom. The molecule has 108 valence electrons. The maximum atomic E-state index is 12.1. The number of fused-ring (bicyclic) bond motifs is 1. The van der Waals surface area contributed by atoms with Crippen LogP contribution in [0.4, 0.5) is 4.79 Å². The third-order valence-electron chi connectivity index (χ3n) is 3.52. The highest BCUT2D eigenvalue weighted by atomic mass is 16.5. The van der Waals surface area contributed by atoms with E-state index in [9.17, 15) is 9.59 Å². The average molecular weight is 276 g/mol. The summed E-state index contributed by atoms with van der Waals surface area (Å²) in [5.74, 6) is -0.319.